The first-order valence-electron chi connectivity index (χ1n) is 7.35. The van der Waals surface area contributed by atoms with Crippen LogP contribution in [0.1, 0.15) is 25.0 Å². The van der Waals surface area contributed by atoms with E-state index >= 15 is 0 Å². The summed E-state index contributed by atoms with van der Waals surface area (Å²) in [5, 5.41) is 3.41. The number of piperazine rings is 1. The largest absolute Gasteiger partial charge is 0.496 e. The van der Waals surface area contributed by atoms with Crippen LogP contribution in [0.3, 0.4) is 0 Å². The molecule has 0 spiro atoms. The lowest BCUT2D eigenvalue weighted by atomic mass is 10.0. The van der Waals surface area contributed by atoms with Crippen molar-refractivity contribution in [2.45, 2.75) is 32.7 Å². The molecule has 0 radical (unpaired) electrons. The molecule has 0 bridgehead atoms. The number of methoxy groups -OCH3 is 1. The van der Waals surface area contributed by atoms with Gasteiger partial charge in [-0.1, -0.05) is 19.1 Å². The molecular formula is C16H26N2O. The van der Waals surface area contributed by atoms with Crippen LogP contribution in [0.25, 0.3) is 0 Å². The fourth-order valence-electron chi connectivity index (χ4n) is 2.78. The highest BCUT2D eigenvalue weighted by Gasteiger charge is 2.18. The van der Waals surface area contributed by atoms with Gasteiger partial charge in [-0.2, -0.15) is 0 Å². The molecule has 1 aliphatic heterocycles. The van der Waals surface area contributed by atoms with Crippen LogP contribution in [-0.4, -0.2) is 44.2 Å². The first-order chi connectivity index (χ1) is 9.24. The van der Waals surface area contributed by atoms with Crippen molar-refractivity contribution in [2.75, 3.05) is 33.3 Å². The van der Waals surface area contributed by atoms with Gasteiger partial charge in [0.25, 0.3) is 0 Å². The maximum atomic E-state index is 5.50. The minimum absolute atomic E-state index is 0.572. The number of aryl methyl sites for hydroxylation is 1. The van der Waals surface area contributed by atoms with Crippen molar-refractivity contribution in [1.82, 2.24) is 10.2 Å². The number of hydrogen-bond acceptors (Lipinski definition) is 3. The molecule has 1 N–H and O–H groups in total. The second-order valence-electron chi connectivity index (χ2n) is 5.34. The summed E-state index contributed by atoms with van der Waals surface area (Å²) in [7, 11) is 1.76. The highest BCUT2D eigenvalue weighted by Crippen LogP contribution is 2.23. The smallest absolute Gasteiger partial charge is 0.122 e. The Bertz CT molecular complexity index is 400. The van der Waals surface area contributed by atoms with Gasteiger partial charge in [-0.15, -0.1) is 0 Å². The number of ether oxygens (including phenoxy) is 1. The van der Waals surface area contributed by atoms with Crippen LogP contribution in [0.2, 0.25) is 0 Å². The van der Waals surface area contributed by atoms with E-state index in [1.54, 1.807) is 7.11 Å². The third kappa shape index (κ3) is 3.71. The molecule has 1 unspecified atom stereocenters. The molecule has 1 aromatic carbocycles. The number of nitrogens with zero attached hydrogens (tertiary/aromatic N) is 1. The highest BCUT2D eigenvalue weighted by molar-refractivity contribution is 5.37. The summed E-state index contributed by atoms with van der Waals surface area (Å²) in [5.41, 5.74) is 2.73. The van der Waals surface area contributed by atoms with Crippen molar-refractivity contribution < 1.29 is 4.74 Å². The third-order valence-corrected chi connectivity index (χ3v) is 4.04. The van der Waals surface area contributed by atoms with Crippen LogP contribution in [0.5, 0.6) is 5.75 Å². The van der Waals surface area contributed by atoms with E-state index in [1.807, 2.05) is 0 Å². The molecule has 1 aliphatic rings. The van der Waals surface area contributed by atoms with E-state index in [9.17, 15) is 0 Å². The van der Waals surface area contributed by atoms with Gasteiger partial charge in [0, 0.05) is 32.2 Å². The molecule has 19 heavy (non-hydrogen) atoms. The van der Waals surface area contributed by atoms with E-state index < -0.39 is 0 Å². The van der Waals surface area contributed by atoms with Gasteiger partial charge in [-0.25, -0.2) is 0 Å². The van der Waals surface area contributed by atoms with E-state index in [4.69, 9.17) is 4.74 Å². The zero-order chi connectivity index (χ0) is 13.7. The van der Waals surface area contributed by atoms with E-state index in [1.165, 1.54) is 11.1 Å². The molecule has 0 aromatic heterocycles. The summed E-state index contributed by atoms with van der Waals surface area (Å²) in [6.45, 7) is 9.04. The van der Waals surface area contributed by atoms with E-state index in [-0.39, 0.29) is 0 Å². The number of benzene rings is 1. The fraction of sp³-hybridized carbons (Fsp3) is 0.625. The molecule has 1 heterocycles. The molecule has 3 nitrogen and oxygen atoms in total. The Morgan fingerprint density at radius 3 is 2.68 bits per heavy atom. The molecule has 0 amide bonds. The Morgan fingerprint density at radius 1 is 1.32 bits per heavy atom. The Kier molecular flexibility index (Phi) is 5.23. The van der Waals surface area contributed by atoms with E-state index in [0.717, 1.165) is 44.8 Å². The van der Waals surface area contributed by atoms with Crippen molar-refractivity contribution >= 4 is 0 Å². The maximum Gasteiger partial charge on any atom is 0.122 e. The summed E-state index contributed by atoms with van der Waals surface area (Å²) in [6.07, 6.45) is 2.15. The summed E-state index contributed by atoms with van der Waals surface area (Å²) in [5.74, 6) is 1.03. The van der Waals surface area contributed by atoms with Gasteiger partial charge >= 0.3 is 0 Å². The molecule has 1 atom stereocenters. The lowest BCUT2D eigenvalue weighted by molar-refractivity contribution is 0.182. The maximum absolute atomic E-state index is 5.50. The average Bonchev–Trinajstić information content (AvgIpc) is 2.48. The van der Waals surface area contributed by atoms with Crippen LogP contribution >= 0.6 is 0 Å². The van der Waals surface area contributed by atoms with Gasteiger partial charge in [0.05, 0.1) is 7.11 Å². The van der Waals surface area contributed by atoms with Crippen molar-refractivity contribution in [1.29, 1.82) is 0 Å². The Morgan fingerprint density at radius 2 is 2.05 bits per heavy atom. The van der Waals surface area contributed by atoms with Gasteiger partial charge in [-0.05, 0) is 37.0 Å². The lowest BCUT2D eigenvalue weighted by Gasteiger charge is -2.33. The lowest BCUT2D eigenvalue weighted by Crippen LogP contribution is -2.48. The molecule has 1 fully saturated rings. The van der Waals surface area contributed by atoms with Gasteiger partial charge < -0.3 is 10.1 Å². The molecule has 1 saturated heterocycles. The third-order valence-electron chi connectivity index (χ3n) is 4.04. The Balaban J connectivity index is 2.07. The SMILES string of the molecule is CCc1ccc(OC)c(CC(C)N2CCNCC2)c1. The first kappa shape index (κ1) is 14.4. The topological polar surface area (TPSA) is 24.5 Å². The molecule has 0 saturated carbocycles. The van der Waals surface area contributed by atoms with Crippen molar-refractivity contribution in [3.8, 4) is 5.75 Å². The number of rotatable bonds is 5. The van der Waals surface area contributed by atoms with Gasteiger partial charge in [0.2, 0.25) is 0 Å². The van der Waals surface area contributed by atoms with E-state index in [2.05, 4.69) is 42.3 Å². The second-order valence-corrected chi connectivity index (χ2v) is 5.34. The fourth-order valence-corrected chi connectivity index (χ4v) is 2.78. The van der Waals surface area contributed by atoms with E-state index in [0.29, 0.717) is 6.04 Å². The van der Waals surface area contributed by atoms with Crippen molar-refractivity contribution in [3.63, 3.8) is 0 Å². The van der Waals surface area contributed by atoms with Gasteiger partial charge in [-0.3, -0.25) is 4.90 Å². The highest BCUT2D eigenvalue weighted by atomic mass is 16.5. The molecule has 0 aliphatic carbocycles. The van der Waals surface area contributed by atoms with Crippen molar-refractivity contribution in [2.24, 2.45) is 0 Å². The zero-order valence-corrected chi connectivity index (χ0v) is 12.4. The minimum Gasteiger partial charge on any atom is -0.496 e. The number of nitrogens with one attached hydrogen (secondary N) is 1. The predicted octanol–water partition coefficient (Wildman–Crippen LogP) is 2.09. The summed E-state index contributed by atoms with van der Waals surface area (Å²) < 4.78 is 5.50. The molecule has 106 valence electrons. The average molecular weight is 262 g/mol. The summed E-state index contributed by atoms with van der Waals surface area (Å²) in [4.78, 5) is 2.56. The van der Waals surface area contributed by atoms with Crippen LogP contribution in [-0.2, 0) is 12.8 Å². The minimum atomic E-state index is 0.572. The number of hydrogen-bond donors (Lipinski definition) is 1. The van der Waals surface area contributed by atoms with Crippen LogP contribution in [0.15, 0.2) is 18.2 Å². The first-order valence-corrected chi connectivity index (χ1v) is 7.35. The molecule has 1 aromatic rings. The Labute approximate surface area is 116 Å². The van der Waals surface area contributed by atoms with Gasteiger partial charge in [0.15, 0.2) is 0 Å². The second kappa shape index (κ2) is 6.92. The van der Waals surface area contributed by atoms with Gasteiger partial charge in [0.1, 0.15) is 5.75 Å². The zero-order valence-electron chi connectivity index (χ0n) is 12.4. The molecule has 3 heteroatoms. The normalized spacial score (nSPS) is 18.3. The van der Waals surface area contributed by atoms with Crippen molar-refractivity contribution in [3.05, 3.63) is 29.3 Å². The molecular weight excluding hydrogens is 236 g/mol. The van der Waals surface area contributed by atoms with Crippen LogP contribution in [0.4, 0.5) is 0 Å². The monoisotopic (exact) mass is 262 g/mol. The summed E-state index contributed by atoms with van der Waals surface area (Å²) in [6, 6.07) is 7.15. The quantitative estimate of drug-likeness (QED) is 0.879. The Hall–Kier alpha value is -1.06. The molecule has 2 rings (SSSR count). The summed E-state index contributed by atoms with van der Waals surface area (Å²) >= 11 is 0. The van der Waals surface area contributed by atoms with Crippen LogP contribution < -0.4 is 10.1 Å². The standard InChI is InChI=1S/C16H26N2O/c1-4-14-5-6-16(19-3)15(12-14)11-13(2)18-9-7-17-8-10-18/h5-6,12-13,17H,4,7-11H2,1-3H3. The van der Waals surface area contributed by atoms with Crippen LogP contribution in [0, 0.1) is 0 Å². The predicted molar refractivity (Wildman–Crippen MR) is 80.0 cm³/mol.